The van der Waals surface area contributed by atoms with Crippen molar-refractivity contribution in [3.63, 3.8) is 0 Å². The van der Waals surface area contributed by atoms with Gasteiger partial charge in [-0.25, -0.2) is 4.79 Å². The third kappa shape index (κ3) is 4.49. The van der Waals surface area contributed by atoms with Crippen LogP contribution in [0, 0.1) is 0 Å². The van der Waals surface area contributed by atoms with E-state index < -0.39 is 11.5 Å². The first-order chi connectivity index (χ1) is 17.5. The van der Waals surface area contributed by atoms with Gasteiger partial charge in [0.1, 0.15) is 17.9 Å². The Kier molecular flexibility index (Phi) is 6.78. The number of ether oxygens (including phenoxy) is 2. The lowest BCUT2D eigenvalue weighted by molar-refractivity contribution is -0.143. The Bertz CT molecular complexity index is 1290. The maximum Gasteiger partial charge on any atom is 0.329 e. The standard InChI is InChI=1S/C30H30ClNO4/c1-35-16-17-36-25-10-4-7-21(18-25)27-19-22-6-2-3-11-26(22)29(27)12-14-30(15-13-29,28(33)34)32-24-9-5-8-23(31)20-24/h2-11,18-20,32H,12-17H2,1H3,(H,33,34). The second-order valence-electron chi connectivity index (χ2n) is 9.62. The molecule has 1 spiro atoms. The zero-order valence-electron chi connectivity index (χ0n) is 20.3. The predicted molar refractivity (Wildman–Crippen MR) is 144 cm³/mol. The fourth-order valence-corrected chi connectivity index (χ4v) is 5.92. The molecule has 0 bridgehead atoms. The second kappa shape index (κ2) is 10.00. The number of anilines is 1. The molecule has 0 radical (unpaired) electrons. The first kappa shape index (κ1) is 24.4. The molecule has 3 aromatic rings. The molecule has 2 N–H and O–H groups in total. The van der Waals surface area contributed by atoms with Crippen molar-refractivity contribution >= 4 is 34.9 Å². The van der Waals surface area contributed by atoms with Gasteiger partial charge in [0.15, 0.2) is 0 Å². The number of hydrogen-bond acceptors (Lipinski definition) is 4. The zero-order valence-corrected chi connectivity index (χ0v) is 21.1. The summed E-state index contributed by atoms with van der Waals surface area (Å²) in [5.41, 5.74) is 4.22. The van der Waals surface area contributed by atoms with Crippen molar-refractivity contribution in [2.24, 2.45) is 0 Å². The molecule has 2 aliphatic carbocycles. The number of benzene rings is 3. The van der Waals surface area contributed by atoms with E-state index in [1.165, 1.54) is 16.7 Å². The Morgan fingerprint density at radius 3 is 2.50 bits per heavy atom. The molecule has 0 unspecified atom stereocenters. The number of aliphatic carboxylic acids is 1. The number of methoxy groups -OCH3 is 1. The molecule has 36 heavy (non-hydrogen) atoms. The van der Waals surface area contributed by atoms with Gasteiger partial charge in [-0.05, 0) is 84.4 Å². The van der Waals surface area contributed by atoms with E-state index >= 15 is 0 Å². The Hall–Kier alpha value is -3.28. The minimum atomic E-state index is -1.05. The van der Waals surface area contributed by atoms with E-state index in [0.29, 0.717) is 43.9 Å². The van der Waals surface area contributed by atoms with Crippen molar-refractivity contribution in [2.45, 2.75) is 36.6 Å². The topological polar surface area (TPSA) is 67.8 Å². The third-order valence-corrected chi connectivity index (χ3v) is 7.80. The van der Waals surface area contributed by atoms with Crippen LogP contribution >= 0.6 is 11.6 Å². The molecule has 5 rings (SSSR count). The first-order valence-electron chi connectivity index (χ1n) is 12.3. The van der Waals surface area contributed by atoms with Crippen molar-refractivity contribution in [1.82, 2.24) is 0 Å². The average Bonchev–Trinajstić information content (AvgIpc) is 3.20. The molecule has 0 atom stereocenters. The number of carboxylic acids is 1. The summed E-state index contributed by atoms with van der Waals surface area (Å²) in [6.07, 6.45) is 4.67. The molecular formula is C30H30ClNO4. The quantitative estimate of drug-likeness (QED) is 0.336. The molecule has 6 heteroatoms. The van der Waals surface area contributed by atoms with E-state index in [1.54, 1.807) is 19.2 Å². The van der Waals surface area contributed by atoms with E-state index in [-0.39, 0.29) is 5.41 Å². The summed E-state index contributed by atoms with van der Waals surface area (Å²) < 4.78 is 11.0. The lowest BCUT2D eigenvalue weighted by atomic mass is 9.61. The minimum absolute atomic E-state index is 0.253. The highest BCUT2D eigenvalue weighted by molar-refractivity contribution is 6.30. The number of allylic oxidation sites excluding steroid dienone is 1. The van der Waals surface area contributed by atoms with Crippen LogP contribution in [0.25, 0.3) is 11.6 Å². The highest BCUT2D eigenvalue weighted by Gasteiger charge is 2.51. The van der Waals surface area contributed by atoms with Crippen molar-refractivity contribution in [1.29, 1.82) is 0 Å². The number of nitrogens with one attached hydrogen (secondary N) is 1. The number of carbonyl (C=O) groups is 1. The second-order valence-corrected chi connectivity index (χ2v) is 10.1. The summed E-state index contributed by atoms with van der Waals surface area (Å²) >= 11 is 6.17. The fraction of sp³-hybridized carbons (Fsp3) is 0.300. The fourth-order valence-electron chi connectivity index (χ4n) is 5.73. The third-order valence-electron chi connectivity index (χ3n) is 7.57. The van der Waals surface area contributed by atoms with E-state index in [2.05, 4.69) is 47.8 Å². The Morgan fingerprint density at radius 2 is 1.75 bits per heavy atom. The Morgan fingerprint density at radius 1 is 0.972 bits per heavy atom. The number of carboxylic acid groups (broad SMARTS) is 1. The molecule has 5 nitrogen and oxygen atoms in total. The first-order valence-corrected chi connectivity index (χ1v) is 12.6. The molecule has 3 aromatic carbocycles. The highest BCUT2D eigenvalue weighted by atomic mass is 35.5. The molecule has 0 amide bonds. The lowest BCUT2D eigenvalue weighted by Crippen LogP contribution is -2.52. The normalized spacial score (nSPS) is 22.7. The largest absolute Gasteiger partial charge is 0.491 e. The minimum Gasteiger partial charge on any atom is -0.491 e. The number of fused-ring (bicyclic) bond motifs is 2. The van der Waals surface area contributed by atoms with Crippen molar-refractivity contribution < 1.29 is 19.4 Å². The monoisotopic (exact) mass is 503 g/mol. The van der Waals surface area contributed by atoms with E-state index in [0.717, 1.165) is 17.0 Å². The summed E-state index contributed by atoms with van der Waals surface area (Å²) in [6.45, 7) is 1.01. The molecule has 1 saturated carbocycles. The van der Waals surface area contributed by atoms with Gasteiger partial charge in [-0.3, -0.25) is 0 Å². The Balaban J connectivity index is 1.47. The van der Waals surface area contributed by atoms with Crippen LogP contribution in [0.15, 0.2) is 72.8 Å². The van der Waals surface area contributed by atoms with Gasteiger partial charge in [0.2, 0.25) is 0 Å². The SMILES string of the molecule is COCCOc1cccc(C2=Cc3ccccc3C23CCC(Nc2cccc(Cl)c2)(C(=O)O)CC3)c1. The molecule has 0 aromatic heterocycles. The van der Waals surface area contributed by atoms with Gasteiger partial charge in [0.05, 0.1) is 6.61 Å². The lowest BCUT2D eigenvalue weighted by Gasteiger charge is -2.45. The molecule has 0 saturated heterocycles. The van der Waals surface area contributed by atoms with Gasteiger partial charge in [-0.1, -0.05) is 54.1 Å². The maximum absolute atomic E-state index is 12.6. The number of rotatable bonds is 8. The summed E-state index contributed by atoms with van der Waals surface area (Å²) in [5.74, 6) is -0.0300. The molecule has 2 aliphatic rings. The van der Waals surface area contributed by atoms with Gasteiger partial charge >= 0.3 is 5.97 Å². The molecule has 0 heterocycles. The van der Waals surface area contributed by atoms with Crippen molar-refractivity contribution in [3.05, 3.63) is 94.5 Å². The van der Waals surface area contributed by atoms with Gasteiger partial charge in [-0.15, -0.1) is 0 Å². The zero-order chi connectivity index (χ0) is 25.2. The smallest absolute Gasteiger partial charge is 0.329 e. The van der Waals surface area contributed by atoms with Gasteiger partial charge in [0, 0.05) is 23.2 Å². The van der Waals surface area contributed by atoms with Crippen LogP contribution in [0.3, 0.4) is 0 Å². The molecule has 1 fully saturated rings. The summed E-state index contributed by atoms with van der Waals surface area (Å²) in [4.78, 5) is 12.6. The van der Waals surface area contributed by atoms with Gasteiger partial charge in [-0.2, -0.15) is 0 Å². The van der Waals surface area contributed by atoms with E-state index in [4.69, 9.17) is 21.1 Å². The number of halogens is 1. The van der Waals surface area contributed by atoms with Crippen LogP contribution in [-0.4, -0.2) is 36.9 Å². The number of hydrogen-bond donors (Lipinski definition) is 2. The average molecular weight is 504 g/mol. The summed E-state index contributed by atoms with van der Waals surface area (Å²) in [7, 11) is 1.66. The van der Waals surface area contributed by atoms with Crippen LogP contribution in [0.5, 0.6) is 5.75 Å². The summed E-state index contributed by atoms with van der Waals surface area (Å²) in [5, 5.41) is 14.2. The van der Waals surface area contributed by atoms with Crippen molar-refractivity contribution in [3.8, 4) is 5.75 Å². The van der Waals surface area contributed by atoms with Gasteiger partial charge < -0.3 is 19.9 Å². The summed E-state index contributed by atoms with van der Waals surface area (Å²) in [6, 6.07) is 23.9. The maximum atomic E-state index is 12.6. The van der Waals surface area contributed by atoms with E-state index in [9.17, 15) is 9.90 Å². The van der Waals surface area contributed by atoms with Crippen LogP contribution in [-0.2, 0) is 14.9 Å². The molecule has 0 aliphatic heterocycles. The van der Waals surface area contributed by atoms with Crippen LogP contribution < -0.4 is 10.1 Å². The van der Waals surface area contributed by atoms with Gasteiger partial charge in [0.25, 0.3) is 0 Å². The Labute approximate surface area is 216 Å². The highest BCUT2D eigenvalue weighted by Crippen LogP contribution is 2.56. The predicted octanol–water partition coefficient (Wildman–Crippen LogP) is 6.67. The van der Waals surface area contributed by atoms with E-state index in [1.807, 2.05) is 24.3 Å². The van der Waals surface area contributed by atoms with Crippen LogP contribution in [0.4, 0.5) is 5.69 Å². The molecular weight excluding hydrogens is 474 g/mol. The molecule has 186 valence electrons. The van der Waals surface area contributed by atoms with Crippen LogP contribution in [0.2, 0.25) is 5.02 Å². The van der Waals surface area contributed by atoms with Crippen LogP contribution in [0.1, 0.15) is 42.4 Å². The van der Waals surface area contributed by atoms with Crippen molar-refractivity contribution in [2.75, 3.05) is 25.6 Å².